The van der Waals surface area contributed by atoms with Gasteiger partial charge in [0.2, 0.25) is 0 Å². The van der Waals surface area contributed by atoms with Crippen molar-refractivity contribution in [3.05, 3.63) is 65.7 Å². The molecule has 5 heteroatoms. The Kier molecular flexibility index (Phi) is 5.03. The number of rotatable bonds is 5. The molecule has 27 heavy (non-hydrogen) atoms. The lowest BCUT2D eigenvalue weighted by Crippen LogP contribution is -2.03. The third kappa shape index (κ3) is 3.44. The highest BCUT2D eigenvalue weighted by molar-refractivity contribution is 5.97. The van der Waals surface area contributed by atoms with Gasteiger partial charge >= 0.3 is 5.97 Å². The first-order valence-electron chi connectivity index (χ1n) is 8.35. The second kappa shape index (κ2) is 7.41. The molecule has 0 saturated carbocycles. The Morgan fingerprint density at radius 2 is 1.33 bits per heavy atom. The quantitative estimate of drug-likeness (QED) is 0.683. The normalized spacial score (nSPS) is 10.5. The summed E-state index contributed by atoms with van der Waals surface area (Å²) in [5.41, 5.74) is 3.00. The smallest absolute Gasteiger partial charge is 0.336 e. The average molecular weight is 364 g/mol. The van der Waals surface area contributed by atoms with Crippen molar-refractivity contribution in [2.24, 2.45) is 0 Å². The first kappa shape index (κ1) is 18.3. The van der Waals surface area contributed by atoms with E-state index < -0.39 is 5.97 Å². The zero-order valence-corrected chi connectivity index (χ0v) is 15.3. The number of carboxylic acid groups (broad SMARTS) is 1. The zero-order valence-electron chi connectivity index (χ0n) is 15.3. The maximum Gasteiger partial charge on any atom is 0.336 e. The molecule has 0 aliphatic carbocycles. The summed E-state index contributed by atoms with van der Waals surface area (Å²) in [6.07, 6.45) is 0. The molecule has 0 bridgehead atoms. The number of methoxy groups -OCH3 is 2. The van der Waals surface area contributed by atoms with Gasteiger partial charge in [0.25, 0.3) is 0 Å². The first-order chi connectivity index (χ1) is 13.0. The van der Waals surface area contributed by atoms with Crippen molar-refractivity contribution < 1.29 is 24.5 Å². The van der Waals surface area contributed by atoms with Crippen LogP contribution in [0.1, 0.15) is 15.9 Å². The van der Waals surface area contributed by atoms with Crippen LogP contribution in [0.5, 0.6) is 17.2 Å². The molecule has 3 aromatic rings. The van der Waals surface area contributed by atoms with E-state index in [0.29, 0.717) is 39.3 Å². The largest absolute Gasteiger partial charge is 0.507 e. The van der Waals surface area contributed by atoms with Crippen LogP contribution < -0.4 is 9.47 Å². The van der Waals surface area contributed by atoms with Crippen LogP contribution in [-0.4, -0.2) is 30.4 Å². The lowest BCUT2D eigenvalue weighted by Gasteiger charge is -2.16. The predicted octanol–water partition coefficient (Wildman–Crippen LogP) is 4.75. The van der Waals surface area contributed by atoms with Crippen LogP contribution in [0.3, 0.4) is 0 Å². The molecular weight excluding hydrogens is 344 g/mol. The highest BCUT2D eigenvalue weighted by Crippen LogP contribution is 2.42. The monoisotopic (exact) mass is 364 g/mol. The van der Waals surface area contributed by atoms with E-state index in [1.54, 1.807) is 69.7 Å². The van der Waals surface area contributed by atoms with Crippen molar-refractivity contribution in [2.45, 2.75) is 6.92 Å². The number of hydrogen-bond donors (Lipinski definition) is 2. The van der Waals surface area contributed by atoms with Gasteiger partial charge in [-0.05, 0) is 53.9 Å². The first-order valence-corrected chi connectivity index (χ1v) is 8.35. The van der Waals surface area contributed by atoms with Gasteiger partial charge in [0.15, 0.2) is 0 Å². The second-order valence-corrected chi connectivity index (χ2v) is 6.08. The van der Waals surface area contributed by atoms with Crippen LogP contribution in [0.4, 0.5) is 0 Å². The summed E-state index contributed by atoms with van der Waals surface area (Å²) in [7, 11) is 3.15. The number of carboxylic acids is 1. The van der Waals surface area contributed by atoms with Gasteiger partial charge < -0.3 is 19.7 Å². The molecule has 0 aliphatic rings. The van der Waals surface area contributed by atoms with E-state index in [-0.39, 0.29) is 11.3 Å². The summed E-state index contributed by atoms with van der Waals surface area (Å²) in [4.78, 5) is 11.8. The Hall–Kier alpha value is -3.47. The van der Waals surface area contributed by atoms with E-state index in [2.05, 4.69) is 0 Å². The summed E-state index contributed by atoms with van der Waals surface area (Å²) in [6, 6.07) is 15.7. The van der Waals surface area contributed by atoms with E-state index in [1.807, 2.05) is 0 Å². The van der Waals surface area contributed by atoms with Crippen molar-refractivity contribution in [3.8, 4) is 39.5 Å². The minimum absolute atomic E-state index is 0.0350. The van der Waals surface area contributed by atoms with Gasteiger partial charge in [-0.2, -0.15) is 0 Å². The van der Waals surface area contributed by atoms with Crippen LogP contribution in [0.2, 0.25) is 0 Å². The van der Waals surface area contributed by atoms with Crippen molar-refractivity contribution in [1.82, 2.24) is 0 Å². The lowest BCUT2D eigenvalue weighted by molar-refractivity contribution is 0.0696. The maximum atomic E-state index is 11.8. The van der Waals surface area contributed by atoms with Crippen molar-refractivity contribution >= 4 is 5.97 Å². The fourth-order valence-corrected chi connectivity index (χ4v) is 3.09. The number of aromatic carboxylic acids is 1. The predicted molar refractivity (Wildman–Crippen MR) is 104 cm³/mol. The minimum atomic E-state index is -1.04. The highest BCUT2D eigenvalue weighted by Gasteiger charge is 2.21. The second-order valence-electron chi connectivity index (χ2n) is 6.08. The van der Waals surface area contributed by atoms with Crippen LogP contribution in [0.15, 0.2) is 54.6 Å². The number of hydrogen-bond acceptors (Lipinski definition) is 4. The summed E-state index contributed by atoms with van der Waals surface area (Å²) in [5, 5.41) is 20.6. The molecule has 0 fully saturated rings. The SMILES string of the molecule is COc1ccc(-c2cc(C(=O)O)c(C)c(-c3ccc(OC)cc3)c2O)cc1. The number of aromatic hydroxyl groups is 1. The zero-order chi connectivity index (χ0) is 19.6. The number of ether oxygens (including phenoxy) is 2. The van der Waals surface area contributed by atoms with Crippen molar-refractivity contribution in [1.29, 1.82) is 0 Å². The maximum absolute atomic E-state index is 11.8. The van der Waals surface area contributed by atoms with E-state index in [4.69, 9.17) is 9.47 Å². The van der Waals surface area contributed by atoms with Crippen LogP contribution in [0.25, 0.3) is 22.3 Å². The number of carbonyl (C=O) groups is 1. The highest BCUT2D eigenvalue weighted by atomic mass is 16.5. The Balaban J connectivity index is 2.25. The molecule has 5 nitrogen and oxygen atoms in total. The molecule has 3 rings (SSSR count). The molecule has 0 unspecified atom stereocenters. The van der Waals surface area contributed by atoms with Gasteiger partial charge in [-0.25, -0.2) is 4.79 Å². The van der Waals surface area contributed by atoms with Gasteiger partial charge in [-0.3, -0.25) is 0 Å². The molecule has 0 amide bonds. The average Bonchev–Trinajstić information content (AvgIpc) is 2.68. The Labute approximate surface area is 157 Å². The molecule has 0 heterocycles. The third-order valence-electron chi connectivity index (χ3n) is 4.57. The molecule has 0 atom stereocenters. The fourth-order valence-electron chi connectivity index (χ4n) is 3.09. The van der Waals surface area contributed by atoms with Gasteiger partial charge in [0.05, 0.1) is 19.8 Å². The lowest BCUT2D eigenvalue weighted by atomic mass is 9.90. The van der Waals surface area contributed by atoms with Crippen LogP contribution >= 0.6 is 0 Å². The van der Waals surface area contributed by atoms with E-state index in [0.717, 1.165) is 0 Å². The van der Waals surface area contributed by atoms with E-state index in [9.17, 15) is 15.0 Å². The van der Waals surface area contributed by atoms with Gasteiger partial charge in [0, 0.05) is 11.1 Å². The number of phenolic OH excluding ortho intramolecular Hbond substituents is 1. The van der Waals surface area contributed by atoms with E-state index in [1.165, 1.54) is 6.07 Å². The third-order valence-corrected chi connectivity index (χ3v) is 4.57. The summed E-state index contributed by atoms with van der Waals surface area (Å²) in [6.45, 7) is 1.69. The van der Waals surface area contributed by atoms with Crippen LogP contribution in [-0.2, 0) is 0 Å². The Bertz CT molecular complexity index is 973. The Morgan fingerprint density at radius 3 is 1.78 bits per heavy atom. The van der Waals surface area contributed by atoms with Crippen molar-refractivity contribution in [3.63, 3.8) is 0 Å². The van der Waals surface area contributed by atoms with Crippen molar-refractivity contribution in [2.75, 3.05) is 14.2 Å². The van der Waals surface area contributed by atoms with Gasteiger partial charge in [-0.15, -0.1) is 0 Å². The number of phenols is 1. The van der Waals surface area contributed by atoms with Crippen LogP contribution in [0, 0.1) is 6.92 Å². The van der Waals surface area contributed by atoms with Gasteiger partial charge in [0.1, 0.15) is 17.2 Å². The Morgan fingerprint density at radius 1 is 0.852 bits per heavy atom. The summed E-state index contributed by atoms with van der Waals surface area (Å²) < 4.78 is 10.3. The molecule has 138 valence electrons. The standard InChI is InChI=1S/C22H20O5/c1-13-18(22(24)25)12-19(14-4-8-16(26-2)9-5-14)21(23)20(13)15-6-10-17(27-3)11-7-15/h4-12,23H,1-3H3,(H,24,25). The molecule has 0 aliphatic heterocycles. The molecular formula is C22H20O5. The molecule has 0 aromatic heterocycles. The molecule has 0 spiro atoms. The van der Waals surface area contributed by atoms with Gasteiger partial charge in [-0.1, -0.05) is 24.3 Å². The summed E-state index contributed by atoms with van der Waals surface area (Å²) in [5.74, 6) is 0.352. The topological polar surface area (TPSA) is 76.0 Å². The fraction of sp³-hybridized carbons (Fsp3) is 0.136. The van der Waals surface area contributed by atoms with E-state index >= 15 is 0 Å². The molecule has 0 saturated heterocycles. The molecule has 3 aromatic carbocycles. The molecule has 0 radical (unpaired) electrons. The molecule has 2 N–H and O–H groups in total. The summed E-state index contributed by atoms with van der Waals surface area (Å²) >= 11 is 0. The number of benzene rings is 3. The minimum Gasteiger partial charge on any atom is -0.507 e.